The van der Waals surface area contributed by atoms with Crippen LogP contribution in [0, 0.1) is 12.7 Å². The van der Waals surface area contributed by atoms with Crippen molar-refractivity contribution in [3.8, 4) is 0 Å². The first-order chi connectivity index (χ1) is 9.56. The number of halogens is 2. The van der Waals surface area contributed by atoms with Crippen LogP contribution in [0.15, 0.2) is 47.4 Å². The molecule has 0 aliphatic rings. The van der Waals surface area contributed by atoms with Crippen LogP contribution in [0.2, 0.25) is 5.02 Å². The molecule has 0 saturated carbocycles. The lowest BCUT2D eigenvalue weighted by Gasteiger charge is -2.05. The summed E-state index contributed by atoms with van der Waals surface area (Å²) in [5.74, 6) is 0.0397. The van der Waals surface area contributed by atoms with Crippen LogP contribution < -0.4 is 0 Å². The van der Waals surface area contributed by atoms with E-state index in [2.05, 4.69) is 0 Å². The van der Waals surface area contributed by atoms with Gasteiger partial charge in [0.05, 0.1) is 10.8 Å². The average Bonchev–Trinajstić information content (AvgIpc) is 2.42. The maximum absolute atomic E-state index is 13.0. The second-order valence-electron chi connectivity index (χ2n) is 4.52. The molecule has 2 rings (SSSR count). The lowest BCUT2D eigenvalue weighted by Crippen LogP contribution is -2.06. The maximum atomic E-state index is 13.0. The molecule has 2 aromatic carbocycles. The first-order valence-corrected chi connectivity index (χ1v) is 7.56. The number of aryl methyl sites for hydroxylation is 1. The van der Waals surface area contributed by atoms with E-state index in [9.17, 15) is 9.18 Å². The largest absolute Gasteiger partial charge is 0.298 e. The van der Waals surface area contributed by atoms with E-state index in [0.29, 0.717) is 5.75 Å². The molecule has 0 aliphatic heterocycles. The second-order valence-corrected chi connectivity index (χ2v) is 5.94. The van der Waals surface area contributed by atoms with Crippen LogP contribution in [-0.2, 0) is 11.2 Å². The summed E-state index contributed by atoms with van der Waals surface area (Å²) in [6.07, 6.45) is 0.277. The molecule has 104 valence electrons. The highest BCUT2D eigenvalue weighted by Gasteiger charge is 2.08. The summed E-state index contributed by atoms with van der Waals surface area (Å²) in [6.45, 7) is 2.02. The number of carbonyl (C=O) groups is 1. The maximum Gasteiger partial charge on any atom is 0.147 e. The van der Waals surface area contributed by atoms with E-state index in [1.54, 1.807) is 6.07 Å². The second kappa shape index (κ2) is 6.91. The highest BCUT2D eigenvalue weighted by Crippen LogP contribution is 2.22. The van der Waals surface area contributed by atoms with Crippen molar-refractivity contribution in [1.82, 2.24) is 0 Å². The summed E-state index contributed by atoms with van der Waals surface area (Å²) in [5.41, 5.74) is 1.90. The number of carbonyl (C=O) groups excluding carboxylic acids is 1. The molecule has 2 aromatic rings. The zero-order valence-electron chi connectivity index (χ0n) is 11.0. The van der Waals surface area contributed by atoms with Crippen LogP contribution in [0.1, 0.15) is 11.1 Å². The molecule has 0 saturated heterocycles. The summed E-state index contributed by atoms with van der Waals surface area (Å²) in [4.78, 5) is 13.0. The van der Waals surface area contributed by atoms with Gasteiger partial charge in [-0.05, 0) is 36.2 Å². The van der Waals surface area contributed by atoms with Gasteiger partial charge in [0.2, 0.25) is 0 Å². The summed E-state index contributed by atoms with van der Waals surface area (Å²) >= 11 is 7.22. The quantitative estimate of drug-likeness (QED) is 0.745. The molecule has 0 unspecified atom stereocenters. The minimum absolute atomic E-state index is 0.0573. The number of hydrogen-bond donors (Lipinski definition) is 0. The fourth-order valence-corrected chi connectivity index (χ4v) is 2.90. The molecule has 4 heteroatoms. The minimum atomic E-state index is -0.461. The van der Waals surface area contributed by atoms with Gasteiger partial charge in [0.25, 0.3) is 0 Å². The van der Waals surface area contributed by atoms with Crippen LogP contribution >= 0.6 is 23.4 Å². The van der Waals surface area contributed by atoms with Gasteiger partial charge in [-0.15, -0.1) is 11.8 Å². The van der Waals surface area contributed by atoms with Crippen molar-refractivity contribution in [3.05, 3.63) is 64.4 Å². The lowest BCUT2D eigenvalue weighted by atomic mass is 10.1. The summed E-state index contributed by atoms with van der Waals surface area (Å²) < 4.78 is 13.0. The third-order valence-corrected chi connectivity index (χ3v) is 4.39. The highest BCUT2D eigenvalue weighted by atomic mass is 35.5. The highest BCUT2D eigenvalue weighted by molar-refractivity contribution is 8.00. The van der Waals surface area contributed by atoms with Gasteiger partial charge in [-0.25, -0.2) is 4.39 Å². The Labute approximate surface area is 127 Å². The Bertz CT molecular complexity index is 628. The van der Waals surface area contributed by atoms with Crippen molar-refractivity contribution in [1.29, 1.82) is 0 Å². The third-order valence-electron chi connectivity index (χ3n) is 2.87. The molecule has 1 nitrogen and oxygen atoms in total. The predicted octanol–water partition coefficient (Wildman–Crippen LogP) is 4.69. The average molecular weight is 309 g/mol. The van der Waals surface area contributed by atoms with Crippen LogP contribution in [0.25, 0.3) is 0 Å². The summed E-state index contributed by atoms with van der Waals surface area (Å²) in [5, 5.41) is 0.0573. The number of benzene rings is 2. The van der Waals surface area contributed by atoms with E-state index >= 15 is 0 Å². The first kappa shape index (κ1) is 15.1. The Morgan fingerprint density at radius 2 is 2.00 bits per heavy atom. The molecule has 0 spiro atoms. The Morgan fingerprint density at radius 3 is 2.70 bits per heavy atom. The zero-order valence-corrected chi connectivity index (χ0v) is 12.6. The number of rotatable bonds is 5. The van der Waals surface area contributed by atoms with Crippen molar-refractivity contribution in [2.45, 2.75) is 18.2 Å². The third kappa shape index (κ3) is 4.09. The number of Topliss-reactive ketones (excluding diaryl/α,β-unsaturated/α-hetero) is 1. The molecule has 0 aromatic heterocycles. The van der Waals surface area contributed by atoms with E-state index < -0.39 is 5.82 Å². The predicted molar refractivity (Wildman–Crippen MR) is 82.0 cm³/mol. The Balaban J connectivity index is 1.93. The van der Waals surface area contributed by atoms with E-state index in [4.69, 9.17) is 11.6 Å². The van der Waals surface area contributed by atoms with Gasteiger partial charge < -0.3 is 0 Å². The number of hydrogen-bond acceptors (Lipinski definition) is 2. The normalized spacial score (nSPS) is 10.6. The minimum Gasteiger partial charge on any atom is -0.298 e. The van der Waals surface area contributed by atoms with Crippen molar-refractivity contribution in [2.75, 3.05) is 5.75 Å². The van der Waals surface area contributed by atoms with Gasteiger partial charge in [0.1, 0.15) is 11.6 Å². The van der Waals surface area contributed by atoms with Crippen molar-refractivity contribution >= 4 is 29.1 Å². The fraction of sp³-hybridized carbons (Fsp3) is 0.188. The number of thioether (sulfide) groups is 1. The Kier molecular flexibility index (Phi) is 5.21. The van der Waals surface area contributed by atoms with E-state index in [-0.39, 0.29) is 17.2 Å². The molecule has 0 amide bonds. The van der Waals surface area contributed by atoms with Crippen molar-refractivity contribution < 1.29 is 9.18 Å². The monoisotopic (exact) mass is 308 g/mol. The van der Waals surface area contributed by atoms with Gasteiger partial charge >= 0.3 is 0 Å². The van der Waals surface area contributed by atoms with E-state index in [1.807, 2.05) is 31.2 Å². The van der Waals surface area contributed by atoms with Gasteiger partial charge in [0.15, 0.2) is 0 Å². The SMILES string of the molecule is Cc1ccccc1SCC(=O)Cc1ccc(F)c(Cl)c1. The molecule has 0 bridgehead atoms. The molecular weight excluding hydrogens is 295 g/mol. The van der Waals surface area contributed by atoms with Gasteiger partial charge in [-0.1, -0.05) is 35.9 Å². The molecular formula is C16H14ClFOS. The zero-order chi connectivity index (χ0) is 14.5. The molecule has 0 radical (unpaired) electrons. The molecule has 20 heavy (non-hydrogen) atoms. The topological polar surface area (TPSA) is 17.1 Å². The van der Waals surface area contributed by atoms with Crippen LogP contribution in [0.3, 0.4) is 0 Å². The molecule has 0 fully saturated rings. The van der Waals surface area contributed by atoms with Gasteiger partial charge in [0, 0.05) is 11.3 Å². The Morgan fingerprint density at radius 1 is 1.25 bits per heavy atom. The molecule has 0 aliphatic carbocycles. The summed E-state index contributed by atoms with van der Waals surface area (Å²) in [7, 11) is 0. The number of ketones is 1. The lowest BCUT2D eigenvalue weighted by molar-refractivity contribution is -0.116. The van der Waals surface area contributed by atoms with Crippen molar-refractivity contribution in [3.63, 3.8) is 0 Å². The smallest absolute Gasteiger partial charge is 0.147 e. The first-order valence-electron chi connectivity index (χ1n) is 6.20. The standard InChI is InChI=1S/C16H14ClFOS/c1-11-4-2-3-5-16(11)20-10-13(19)8-12-6-7-15(18)14(17)9-12/h2-7,9H,8,10H2,1H3. The van der Waals surface area contributed by atoms with Crippen LogP contribution in [-0.4, -0.2) is 11.5 Å². The fourth-order valence-electron chi connectivity index (χ4n) is 1.80. The van der Waals surface area contributed by atoms with Crippen molar-refractivity contribution in [2.24, 2.45) is 0 Å². The van der Waals surface area contributed by atoms with Crippen LogP contribution in [0.4, 0.5) is 4.39 Å². The van der Waals surface area contributed by atoms with Crippen LogP contribution in [0.5, 0.6) is 0 Å². The van der Waals surface area contributed by atoms with E-state index in [0.717, 1.165) is 16.0 Å². The summed E-state index contributed by atoms with van der Waals surface area (Å²) in [6, 6.07) is 12.3. The molecule has 0 N–H and O–H groups in total. The van der Waals surface area contributed by atoms with E-state index in [1.165, 1.54) is 23.9 Å². The Hall–Kier alpha value is -1.32. The van der Waals surface area contributed by atoms with Gasteiger partial charge in [-0.3, -0.25) is 4.79 Å². The molecule has 0 heterocycles. The molecule has 0 atom stereocenters. The van der Waals surface area contributed by atoms with Gasteiger partial charge in [-0.2, -0.15) is 0 Å².